The Morgan fingerprint density at radius 1 is 1.21 bits per heavy atom. The second-order valence-electron chi connectivity index (χ2n) is 4.65. The van der Waals surface area contributed by atoms with Crippen molar-refractivity contribution in [2.75, 3.05) is 13.1 Å². The molecule has 1 N–H and O–H groups in total. The molecule has 2 aromatic rings. The fourth-order valence-corrected chi connectivity index (χ4v) is 2.44. The van der Waals surface area contributed by atoms with Gasteiger partial charge in [-0.05, 0) is 31.2 Å². The molecular weight excluding hydrogens is 262 g/mol. The van der Waals surface area contributed by atoms with Crippen molar-refractivity contribution in [3.05, 3.63) is 51.8 Å². The van der Waals surface area contributed by atoms with E-state index < -0.39 is 0 Å². The van der Waals surface area contributed by atoms with Crippen molar-refractivity contribution in [1.29, 1.82) is 0 Å². The van der Waals surface area contributed by atoms with E-state index in [1.807, 2.05) is 24.3 Å². The predicted molar refractivity (Wildman–Crippen MR) is 75.5 cm³/mol. The van der Waals surface area contributed by atoms with Crippen LogP contribution in [0.5, 0.6) is 0 Å². The molecule has 0 radical (unpaired) electrons. The molecule has 2 heterocycles. The molecule has 19 heavy (non-hydrogen) atoms. The molecule has 1 atom stereocenters. The van der Waals surface area contributed by atoms with Gasteiger partial charge in [-0.25, -0.2) is 4.68 Å². The average Bonchev–Trinajstić information content (AvgIpc) is 2.94. The van der Waals surface area contributed by atoms with Crippen molar-refractivity contribution in [2.45, 2.75) is 12.5 Å². The maximum Gasteiger partial charge on any atom is 0.267 e. The SMILES string of the molecule is O=c1ccc(-c2ccc(Cl)cc2)nn1C1CCNC1. The van der Waals surface area contributed by atoms with E-state index in [4.69, 9.17) is 11.6 Å². The molecule has 0 amide bonds. The minimum absolute atomic E-state index is 0.0496. The molecule has 1 fully saturated rings. The van der Waals surface area contributed by atoms with Crippen molar-refractivity contribution in [2.24, 2.45) is 0 Å². The summed E-state index contributed by atoms with van der Waals surface area (Å²) in [5, 5.41) is 8.41. The van der Waals surface area contributed by atoms with Gasteiger partial charge in [-0.1, -0.05) is 23.7 Å². The highest BCUT2D eigenvalue weighted by atomic mass is 35.5. The summed E-state index contributed by atoms with van der Waals surface area (Å²) < 4.78 is 1.59. The number of benzene rings is 1. The zero-order valence-electron chi connectivity index (χ0n) is 10.3. The monoisotopic (exact) mass is 275 g/mol. The summed E-state index contributed by atoms with van der Waals surface area (Å²) in [6.45, 7) is 1.74. The summed E-state index contributed by atoms with van der Waals surface area (Å²) in [6, 6.07) is 11.0. The molecule has 1 aromatic heterocycles. The number of nitrogens with one attached hydrogen (secondary N) is 1. The molecule has 5 heteroatoms. The fourth-order valence-electron chi connectivity index (χ4n) is 2.31. The smallest absolute Gasteiger partial charge is 0.267 e. The van der Waals surface area contributed by atoms with Gasteiger partial charge in [0.1, 0.15) is 0 Å². The van der Waals surface area contributed by atoms with Crippen LogP contribution < -0.4 is 10.9 Å². The van der Waals surface area contributed by atoms with Gasteiger partial charge in [0.15, 0.2) is 0 Å². The van der Waals surface area contributed by atoms with Crippen LogP contribution in [-0.2, 0) is 0 Å². The maximum atomic E-state index is 11.9. The molecule has 1 aliphatic rings. The summed E-state index contributed by atoms with van der Waals surface area (Å²) in [4.78, 5) is 11.9. The first-order chi connectivity index (χ1) is 9.24. The maximum absolute atomic E-state index is 11.9. The van der Waals surface area contributed by atoms with Crippen LogP contribution in [0, 0.1) is 0 Å². The third-order valence-corrected chi connectivity index (χ3v) is 3.60. The first-order valence-electron chi connectivity index (χ1n) is 6.30. The molecule has 1 aromatic carbocycles. The minimum atomic E-state index is -0.0496. The van der Waals surface area contributed by atoms with Crippen LogP contribution in [-0.4, -0.2) is 22.9 Å². The van der Waals surface area contributed by atoms with Crippen LogP contribution in [0.4, 0.5) is 0 Å². The van der Waals surface area contributed by atoms with E-state index >= 15 is 0 Å². The van der Waals surface area contributed by atoms with E-state index in [0.29, 0.717) is 5.02 Å². The standard InChI is InChI=1S/C14H14ClN3O/c15-11-3-1-10(2-4-11)13-5-6-14(19)18(17-13)12-7-8-16-9-12/h1-6,12,16H,7-9H2. The van der Waals surface area contributed by atoms with Crippen LogP contribution in [0.25, 0.3) is 11.3 Å². The van der Waals surface area contributed by atoms with E-state index in [1.54, 1.807) is 16.8 Å². The molecule has 4 nitrogen and oxygen atoms in total. The molecule has 0 saturated carbocycles. The van der Waals surface area contributed by atoms with Crippen LogP contribution >= 0.6 is 11.6 Å². The topological polar surface area (TPSA) is 46.9 Å². The number of hydrogen-bond acceptors (Lipinski definition) is 3. The van der Waals surface area contributed by atoms with Crippen molar-refractivity contribution >= 4 is 11.6 Å². The quantitative estimate of drug-likeness (QED) is 0.913. The minimum Gasteiger partial charge on any atom is -0.315 e. The molecule has 1 saturated heterocycles. The first kappa shape index (κ1) is 12.4. The van der Waals surface area contributed by atoms with Crippen molar-refractivity contribution < 1.29 is 0 Å². The second kappa shape index (κ2) is 5.15. The van der Waals surface area contributed by atoms with Crippen molar-refractivity contribution in [1.82, 2.24) is 15.1 Å². The average molecular weight is 276 g/mol. The Balaban J connectivity index is 2.01. The predicted octanol–water partition coefficient (Wildman–Crippen LogP) is 2.10. The highest BCUT2D eigenvalue weighted by molar-refractivity contribution is 6.30. The van der Waals surface area contributed by atoms with Gasteiger partial charge in [0.25, 0.3) is 5.56 Å². The van der Waals surface area contributed by atoms with Crippen molar-refractivity contribution in [3.63, 3.8) is 0 Å². The summed E-state index contributed by atoms with van der Waals surface area (Å²) in [7, 11) is 0. The van der Waals surface area contributed by atoms with Crippen LogP contribution in [0.15, 0.2) is 41.2 Å². The highest BCUT2D eigenvalue weighted by Gasteiger charge is 2.18. The Bertz CT molecular complexity index is 630. The largest absolute Gasteiger partial charge is 0.315 e. The molecule has 0 bridgehead atoms. The molecule has 1 unspecified atom stereocenters. The molecular formula is C14H14ClN3O. The first-order valence-corrected chi connectivity index (χ1v) is 6.68. The Morgan fingerprint density at radius 3 is 2.68 bits per heavy atom. The van der Waals surface area contributed by atoms with E-state index in [-0.39, 0.29) is 11.6 Å². The van der Waals surface area contributed by atoms with Gasteiger partial charge in [0.05, 0.1) is 11.7 Å². The molecule has 1 aliphatic heterocycles. The van der Waals surface area contributed by atoms with Gasteiger partial charge in [-0.2, -0.15) is 5.10 Å². The van der Waals surface area contributed by atoms with E-state index in [0.717, 1.165) is 30.8 Å². The Morgan fingerprint density at radius 2 is 2.00 bits per heavy atom. The lowest BCUT2D eigenvalue weighted by Gasteiger charge is -2.12. The zero-order chi connectivity index (χ0) is 13.2. The third kappa shape index (κ3) is 2.55. The van der Waals surface area contributed by atoms with Crippen LogP contribution in [0.2, 0.25) is 5.02 Å². The lowest BCUT2D eigenvalue weighted by Crippen LogP contribution is -2.28. The Kier molecular flexibility index (Phi) is 3.36. The molecule has 3 rings (SSSR count). The number of nitrogens with zero attached hydrogens (tertiary/aromatic N) is 2. The summed E-state index contributed by atoms with van der Waals surface area (Å²) in [5.41, 5.74) is 1.71. The summed E-state index contributed by atoms with van der Waals surface area (Å²) in [6.07, 6.45) is 0.941. The van der Waals surface area contributed by atoms with Gasteiger partial charge < -0.3 is 5.32 Å². The van der Waals surface area contributed by atoms with E-state index in [2.05, 4.69) is 10.4 Å². The Labute approximate surface area is 116 Å². The van der Waals surface area contributed by atoms with Gasteiger partial charge in [-0.15, -0.1) is 0 Å². The summed E-state index contributed by atoms with van der Waals surface area (Å²) >= 11 is 5.88. The van der Waals surface area contributed by atoms with E-state index in [1.165, 1.54) is 0 Å². The molecule has 98 valence electrons. The second-order valence-corrected chi connectivity index (χ2v) is 5.09. The summed E-state index contributed by atoms with van der Waals surface area (Å²) in [5.74, 6) is 0. The lowest BCUT2D eigenvalue weighted by molar-refractivity contribution is 0.467. The number of aromatic nitrogens is 2. The molecule has 0 aliphatic carbocycles. The number of halogens is 1. The Hall–Kier alpha value is -1.65. The van der Waals surface area contributed by atoms with Gasteiger partial charge >= 0.3 is 0 Å². The van der Waals surface area contributed by atoms with E-state index in [9.17, 15) is 4.79 Å². The van der Waals surface area contributed by atoms with Gasteiger partial charge in [-0.3, -0.25) is 4.79 Å². The van der Waals surface area contributed by atoms with Gasteiger partial charge in [0.2, 0.25) is 0 Å². The van der Waals surface area contributed by atoms with Crippen molar-refractivity contribution in [3.8, 4) is 11.3 Å². The molecule has 0 spiro atoms. The normalized spacial score (nSPS) is 18.7. The zero-order valence-corrected chi connectivity index (χ0v) is 11.1. The fraction of sp³-hybridized carbons (Fsp3) is 0.286. The number of rotatable bonds is 2. The lowest BCUT2D eigenvalue weighted by atomic mass is 10.1. The highest BCUT2D eigenvalue weighted by Crippen LogP contribution is 2.19. The third-order valence-electron chi connectivity index (χ3n) is 3.35. The van der Waals surface area contributed by atoms with Crippen LogP contribution in [0.1, 0.15) is 12.5 Å². The van der Waals surface area contributed by atoms with Crippen LogP contribution in [0.3, 0.4) is 0 Å². The van der Waals surface area contributed by atoms with Gasteiger partial charge in [0, 0.05) is 23.2 Å². The number of hydrogen-bond donors (Lipinski definition) is 1.